The Morgan fingerprint density at radius 1 is 1.00 bits per heavy atom. The minimum atomic E-state index is -0.0528. The quantitative estimate of drug-likeness (QED) is 0.876. The molecule has 0 fully saturated rings. The van der Waals surface area contributed by atoms with E-state index in [9.17, 15) is 4.79 Å². The number of benzene rings is 2. The molecule has 1 heterocycles. The molecule has 0 radical (unpaired) electrons. The Kier molecular flexibility index (Phi) is 3.28. The second kappa shape index (κ2) is 5.10. The molecule has 0 atom stereocenters. The number of nitrogens with one attached hydrogen (secondary N) is 2. The summed E-state index contributed by atoms with van der Waals surface area (Å²) in [7, 11) is 0. The van der Waals surface area contributed by atoms with Gasteiger partial charge in [-0.25, -0.2) is 0 Å². The molecular weight excluding hydrogens is 248 g/mol. The van der Waals surface area contributed by atoms with Crippen molar-refractivity contribution >= 4 is 11.6 Å². The second-order valence-electron chi connectivity index (χ2n) is 5.34. The molecule has 2 N–H and O–H groups in total. The fraction of sp³-hybridized carbons (Fsp3) is 0.235. The zero-order valence-electron chi connectivity index (χ0n) is 11.8. The van der Waals surface area contributed by atoms with Gasteiger partial charge in [-0.3, -0.25) is 4.79 Å². The molecule has 1 aliphatic rings. The van der Waals surface area contributed by atoms with Crippen molar-refractivity contribution in [1.29, 1.82) is 0 Å². The summed E-state index contributed by atoms with van der Waals surface area (Å²) >= 11 is 0. The van der Waals surface area contributed by atoms with Crippen molar-refractivity contribution in [2.24, 2.45) is 0 Å². The van der Waals surface area contributed by atoms with Gasteiger partial charge < -0.3 is 10.6 Å². The molecule has 3 heteroatoms. The van der Waals surface area contributed by atoms with Crippen LogP contribution < -0.4 is 10.6 Å². The molecule has 0 bridgehead atoms. The van der Waals surface area contributed by atoms with Crippen LogP contribution in [-0.2, 0) is 13.1 Å². The Hall–Kier alpha value is -2.13. The summed E-state index contributed by atoms with van der Waals surface area (Å²) in [5.74, 6) is -0.0528. The van der Waals surface area contributed by atoms with Crippen molar-refractivity contribution in [2.75, 3.05) is 5.32 Å². The van der Waals surface area contributed by atoms with Crippen LogP contribution in [0.1, 0.15) is 32.6 Å². The van der Waals surface area contributed by atoms with Crippen LogP contribution >= 0.6 is 0 Å². The smallest absolute Gasteiger partial charge is 0.255 e. The molecule has 0 aromatic heterocycles. The summed E-state index contributed by atoms with van der Waals surface area (Å²) in [4.78, 5) is 12.3. The maximum atomic E-state index is 12.3. The summed E-state index contributed by atoms with van der Waals surface area (Å²) in [6, 6.07) is 11.9. The lowest BCUT2D eigenvalue weighted by atomic mass is 10.1. The van der Waals surface area contributed by atoms with Gasteiger partial charge in [0.25, 0.3) is 5.91 Å². The van der Waals surface area contributed by atoms with Crippen molar-refractivity contribution in [2.45, 2.75) is 26.9 Å². The fourth-order valence-electron chi connectivity index (χ4n) is 2.46. The van der Waals surface area contributed by atoms with Crippen molar-refractivity contribution in [3.63, 3.8) is 0 Å². The second-order valence-corrected chi connectivity index (χ2v) is 5.34. The average molecular weight is 266 g/mol. The van der Waals surface area contributed by atoms with Crippen LogP contribution in [0.3, 0.4) is 0 Å². The molecule has 20 heavy (non-hydrogen) atoms. The van der Waals surface area contributed by atoms with Gasteiger partial charge in [-0.05, 0) is 60.4 Å². The van der Waals surface area contributed by atoms with Crippen LogP contribution in [0.5, 0.6) is 0 Å². The van der Waals surface area contributed by atoms with E-state index in [1.807, 2.05) is 43.3 Å². The van der Waals surface area contributed by atoms with Crippen LogP contribution in [-0.4, -0.2) is 5.91 Å². The van der Waals surface area contributed by atoms with Crippen molar-refractivity contribution < 1.29 is 4.79 Å². The third kappa shape index (κ3) is 2.45. The highest BCUT2D eigenvalue weighted by molar-refractivity contribution is 6.04. The summed E-state index contributed by atoms with van der Waals surface area (Å²) in [6.07, 6.45) is 0. The van der Waals surface area contributed by atoms with Gasteiger partial charge >= 0.3 is 0 Å². The molecule has 3 nitrogen and oxygen atoms in total. The van der Waals surface area contributed by atoms with Crippen molar-refractivity contribution in [3.05, 3.63) is 64.2 Å². The van der Waals surface area contributed by atoms with Crippen LogP contribution in [0.2, 0.25) is 0 Å². The molecule has 0 spiro atoms. The first-order valence-corrected chi connectivity index (χ1v) is 6.84. The van der Waals surface area contributed by atoms with E-state index < -0.39 is 0 Å². The Bertz CT molecular complexity index is 677. The van der Waals surface area contributed by atoms with Crippen LogP contribution in [0, 0.1) is 13.8 Å². The largest absolute Gasteiger partial charge is 0.322 e. The molecular formula is C17H18N2O. The Morgan fingerprint density at radius 3 is 2.60 bits per heavy atom. The first-order chi connectivity index (χ1) is 9.63. The van der Waals surface area contributed by atoms with Gasteiger partial charge in [-0.15, -0.1) is 0 Å². The van der Waals surface area contributed by atoms with Crippen LogP contribution in [0.4, 0.5) is 5.69 Å². The number of rotatable bonds is 2. The van der Waals surface area contributed by atoms with E-state index in [0.29, 0.717) is 5.56 Å². The fourth-order valence-corrected chi connectivity index (χ4v) is 2.46. The summed E-state index contributed by atoms with van der Waals surface area (Å²) < 4.78 is 0. The van der Waals surface area contributed by atoms with Gasteiger partial charge in [0.15, 0.2) is 0 Å². The van der Waals surface area contributed by atoms with Gasteiger partial charge in [0.1, 0.15) is 0 Å². The SMILES string of the molecule is Cc1ccc(NC(=O)c2ccc3c(c2)CNC3)cc1C. The van der Waals surface area contributed by atoms with Crippen LogP contribution in [0.25, 0.3) is 0 Å². The topological polar surface area (TPSA) is 41.1 Å². The Morgan fingerprint density at radius 2 is 1.80 bits per heavy atom. The summed E-state index contributed by atoms with van der Waals surface area (Å²) in [6.45, 7) is 5.86. The zero-order valence-corrected chi connectivity index (χ0v) is 11.8. The number of carbonyl (C=O) groups is 1. The van der Waals surface area contributed by atoms with Gasteiger partial charge in [0.05, 0.1) is 0 Å². The predicted molar refractivity (Wildman–Crippen MR) is 80.9 cm³/mol. The molecule has 0 saturated carbocycles. The molecule has 1 amide bonds. The third-order valence-electron chi connectivity index (χ3n) is 3.86. The molecule has 0 saturated heterocycles. The lowest BCUT2D eigenvalue weighted by Crippen LogP contribution is -2.12. The number of anilines is 1. The third-order valence-corrected chi connectivity index (χ3v) is 3.86. The lowest BCUT2D eigenvalue weighted by Gasteiger charge is -2.08. The first-order valence-electron chi connectivity index (χ1n) is 6.84. The number of aryl methyl sites for hydroxylation is 2. The molecule has 2 aromatic rings. The van der Waals surface area contributed by atoms with E-state index >= 15 is 0 Å². The van der Waals surface area contributed by atoms with E-state index in [-0.39, 0.29) is 5.91 Å². The summed E-state index contributed by atoms with van der Waals surface area (Å²) in [5.41, 5.74) is 6.47. The number of amides is 1. The predicted octanol–water partition coefficient (Wildman–Crippen LogP) is 3.16. The van der Waals surface area contributed by atoms with Gasteiger partial charge in [-0.2, -0.15) is 0 Å². The number of hydrogen-bond acceptors (Lipinski definition) is 2. The number of carbonyl (C=O) groups excluding carboxylic acids is 1. The van der Waals surface area contributed by atoms with Crippen LogP contribution in [0.15, 0.2) is 36.4 Å². The highest BCUT2D eigenvalue weighted by Crippen LogP contribution is 2.19. The zero-order chi connectivity index (χ0) is 14.1. The monoisotopic (exact) mass is 266 g/mol. The number of hydrogen-bond donors (Lipinski definition) is 2. The minimum Gasteiger partial charge on any atom is -0.322 e. The lowest BCUT2D eigenvalue weighted by molar-refractivity contribution is 0.102. The Labute approximate surface area is 119 Å². The Balaban J connectivity index is 1.80. The maximum absolute atomic E-state index is 12.3. The highest BCUT2D eigenvalue weighted by Gasteiger charge is 2.13. The van der Waals surface area contributed by atoms with Crippen molar-refractivity contribution in [1.82, 2.24) is 5.32 Å². The maximum Gasteiger partial charge on any atom is 0.255 e. The normalized spacial score (nSPS) is 13.1. The van der Waals surface area contributed by atoms with E-state index in [1.54, 1.807) is 0 Å². The van der Waals surface area contributed by atoms with Gasteiger partial charge in [-0.1, -0.05) is 12.1 Å². The molecule has 0 aliphatic carbocycles. The van der Waals surface area contributed by atoms with E-state index in [0.717, 1.165) is 18.8 Å². The molecule has 2 aromatic carbocycles. The highest BCUT2D eigenvalue weighted by atomic mass is 16.1. The van der Waals surface area contributed by atoms with Gasteiger partial charge in [0, 0.05) is 24.3 Å². The van der Waals surface area contributed by atoms with Crippen molar-refractivity contribution in [3.8, 4) is 0 Å². The minimum absolute atomic E-state index is 0.0528. The van der Waals surface area contributed by atoms with E-state index in [1.165, 1.54) is 22.3 Å². The standard InChI is InChI=1S/C17H18N2O/c1-11-3-6-16(7-12(11)2)19-17(20)13-4-5-14-9-18-10-15(14)8-13/h3-8,18H,9-10H2,1-2H3,(H,19,20). The van der Waals surface area contributed by atoms with Gasteiger partial charge in [0.2, 0.25) is 0 Å². The van der Waals surface area contributed by atoms with E-state index in [2.05, 4.69) is 17.6 Å². The molecule has 102 valence electrons. The average Bonchev–Trinajstić information content (AvgIpc) is 2.90. The molecule has 3 rings (SSSR count). The van der Waals surface area contributed by atoms with E-state index in [4.69, 9.17) is 0 Å². The summed E-state index contributed by atoms with van der Waals surface area (Å²) in [5, 5.41) is 6.24. The molecule has 1 aliphatic heterocycles. The number of fused-ring (bicyclic) bond motifs is 1. The molecule has 0 unspecified atom stereocenters. The first kappa shape index (κ1) is 12.9.